The molecule has 0 unspecified atom stereocenters. The van der Waals surface area contributed by atoms with E-state index in [2.05, 4.69) is 42.5 Å². The Labute approximate surface area is 137 Å². The highest BCUT2D eigenvalue weighted by atomic mass is 16.5. The van der Waals surface area contributed by atoms with E-state index >= 15 is 0 Å². The van der Waals surface area contributed by atoms with Crippen molar-refractivity contribution in [2.24, 2.45) is 0 Å². The van der Waals surface area contributed by atoms with Crippen LogP contribution in [0.1, 0.15) is 16.7 Å². The van der Waals surface area contributed by atoms with Gasteiger partial charge in [0.15, 0.2) is 0 Å². The molecule has 0 N–H and O–H groups in total. The van der Waals surface area contributed by atoms with E-state index in [1.54, 1.807) is 6.08 Å². The summed E-state index contributed by atoms with van der Waals surface area (Å²) in [5.41, 5.74) is 6.37. The van der Waals surface area contributed by atoms with Crippen LogP contribution in [-0.4, -0.2) is 21.1 Å². The third kappa shape index (κ3) is 1.77. The van der Waals surface area contributed by atoms with E-state index in [-0.39, 0.29) is 0 Å². The summed E-state index contributed by atoms with van der Waals surface area (Å²) >= 11 is 0. The summed E-state index contributed by atoms with van der Waals surface area (Å²) < 4.78 is 5.93. The summed E-state index contributed by atoms with van der Waals surface area (Å²) in [5, 5.41) is 0.995. The predicted octanol–water partition coefficient (Wildman–Crippen LogP) is 3.81. The van der Waals surface area contributed by atoms with Crippen LogP contribution in [0.3, 0.4) is 0 Å². The van der Waals surface area contributed by atoms with Crippen molar-refractivity contribution in [2.45, 2.75) is 11.8 Å². The molecule has 1 aliphatic heterocycles. The van der Waals surface area contributed by atoms with Crippen molar-refractivity contribution in [3.8, 4) is 16.9 Å². The van der Waals surface area contributed by atoms with Crippen molar-refractivity contribution < 1.29 is 4.74 Å². The molecule has 4 radical (unpaired) electrons. The topological polar surface area (TPSA) is 9.23 Å². The molecular formula is C20H12B2O. The number of benzene rings is 3. The van der Waals surface area contributed by atoms with Gasteiger partial charge in [-0.25, -0.2) is 0 Å². The van der Waals surface area contributed by atoms with Crippen molar-refractivity contribution in [2.75, 3.05) is 0 Å². The lowest BCUT2D eigenvalue weighted by molar-refractivity contribution is 0.288. The van der Waals surface area contributed by atoms with Crippen LogP contribution < -0.4 is 4.74 Å². The zero-order valence-electron chi connectivity index (χ0n) is 12.5. The van der Waals surface area contributed by atoms with Gasteiger partial charge in [0.05, 0.1) is 0 Å². The third-order valence-corrected chi connectivity index (χ3v) is 4.76. The largest absolute Gasteiger partial charge is 0.502 e. The molecule has 3 heteroatoms. The van der Waals surface area contributed by atoms with Crippen molar-refractivity contribution in [1.82, 2.24) is 0 Å². The molecule has 0 fully saturated rings. The lowest BCUT2D eigenvalue weighted by atomic mass is 9.64. The Hall–Kier alpha value is -2.41. The van der Waals surface area contributed by atoms with Crippen LogP contribution >= 0.6 is 0 Å². The van der Waals surface area contributed by atoms with E-state index < -0.39 is 5.40 Å². The molecule has 0 atom stereocenters. The average molecular weight is 290 g/mol. The lowest BCUT2D eigenvalue weighted by Crippen LogP contribution is -2.36. The first-order valence-electron chi connectivity index (χ1n) is 7.76. The predicted molar refractivity (Wildman–Crippen MR) is 96.1 cm³/mol. The summed E-state index contributed by atoms with van der Waals surface area (Å²) in [6, 6.07) is 16.9. The maximum Gasteiger partial charge on any atom is 0.133 e. The number of ether oxygens (including phenoxy) is 1. The fraction of sp³-hybridized carbons (Fsp3) is 0.100. The minimum absolute atomic E-state index is 0.791. The molecule has 1 heterocycles. The molecule has 1 aliphatic carbocycles. The molecule has 0 aromatic heterocycles. The number of hydrogen-bond donors (Lipinski definition) is 0. The zero-order chi connectivity index (χ0) is 15.6. The van der Waals surface area contributed by atoms with Crippen LogP contribution in [0.4, 0.5) is 0 Å². The summed E-state index contributed by atoms with van der Waals surface area (Å²) in [5.74, 6) is 0.791. The fourth-order valence-electron chi connectivity index (χ4n) is 3.79. The maximum absolute atomic E-state index is 5.98. The normalized spacial score (nSPS) is 16.5. The van der Waals surface area contributed by atoms with E-state index in [1.807, 2.05) is 12.1 Å². The number of rotatable bonds is 0. The van der Waals surface area contributed by atoms with Crippen LogP contribution in [0.5, 0.6) is 5.75 Å². The van der Waals surface area contributed by atoms with Crippen molar-refractivity contribution >= 4 is 32.5 Å². The third-order valence-electron chi connectivity index (χ3n) is 4.76. The van der Waals surface area contributed by atoms with Crippen LogP contribution in [0.25, 0.3) is 28.0 Å². The van der Waals surface area contributed by atoms with Crippen LogP contribution in [0, 0.1) is 0 Å². The first-order chi connectivity index (χ1) is 11.1. The molecule has 5 rings (SSSR count). The molecular weight excluding hydrogens is 278 g/mol. The van der Waals surface area contributed by atoms with Gasteiger partial charge in [-0.05, 0) is 34.1 Å². The van der Waals surface area contributed by atoms with Gasteiger partial charge < -0.3 is 4.74 Å². The van der Waals surface area contributed by atoms with Gasteiger partial charge in [0.25, 0.3) is 0 Å². The smallest absolute Gasteiger partial charge is 0.133 e. The molecule has 0 saturated carbocycles. The van der Waals surface area contributed by atoms with Crippen LogP contribution in [0.15, 0.2) is 54.6 Å². The number of fused-ring (bicyclic) bond motifs is 8. The zero-order valence-corrected chi connectivity index (χ0v) is 12.5. The molecule has 0 spiro atoms. The molecule has 0 amide bonds. The van der Waals surface area contributed by atoms with Crippen molar-refractivity contribution in [1.29, 1.82) is 0 Å². The van der Waals surface area contributed by atoms with E-state index in [9.17, 15) is 0 Å². The summed E-state index contributed by atoms with van der Waals surface area (Å²) in [6.45, 7) is 0. The molecule has 3 aromatic rings. The quantitative estimate of drug-likeness (QED) is 0.447. The fourth-order valence-corrected chi connectivity index (χ4v) is 3.79. The van der Waals surface area contributed by atoms with Crippen LogP contribution in [-0.2, 0) is 6.42 Å². The Balaban J connectivity index is 1.94. The van der Waals surface area contributed by atoms with Gasteiger partial charge in [-0.3, -0.25) is 0 Å². The Morgan fingerprint density at radius 2 is 1.65 bits per heavy atom. The lowest BCUT2D eigenvalue weighted by Gasteiger charge is -2.31. The second-order valence-electron chi connectivity index (χ2n) is 6.26. The van der Waals surface area contributed by atoms with Gasteiger partial charge in [-0.1, -0.05) is 60.7 Å². The SMILES string of the molecule is [B]C1([B])C=Cc2c3c(c4ccccc4c2O1)-c1ccccc1C3. The maximum atomic E-state index is 5.98. The van der Waals surface area contributed by atoms with Gasteiger partial charge in [0.2, 0.25) is 0 Å². The molecule has 2 aliphatic rings. The molecule has 104 valence electrons. The first-order valence-corrected chi connectivity index (χ1v) is 7.76. The Morgan fingerprint density at radius 3 is 2.52 bits per heavy atom. The highest BCUT2D eigenvalue weighted by molar-refractivity contribution is 6.41. The van der Waals surface area contributed by atoms with Crippen molar-refractivity contribution in [3.63, 3.8) is 0 Å². The molecule has 23 heavy (non-hydrogen) atoms. The standard InChI is InChI=1S/C20H12B2O/c21-20(22)10-9-16-17-11-12-5-1-2-6-13(12)18(17)14-7-3-4-8-15(14)19(16)23-20/h1-10H,11H2. The summed E-state index contributed by atoms with van der Waals surface area (Å²) in [4.78, 5) is 0. The Bertz CT molecular complexity index is 1000. The summed E-state index contributed by atoms with van der Waals surface area (Å²) in [6.07, 6.45) is 4.65. The second-order valence-corrected chi connectivity index (χ2v) is 6.26. The minimum Gasteiger partial charge on any atom is -0.502 e. The number of hydrogen-bond acceptors (Lipinski definition) is 1. The highest BCUT2D eigenvalue weighted by Gasteiger charge is 2.30. The Kier molecular flexibility index (Phi) is 2.45. The van der Waals surface area contributed by atoms with E-state index in [0.29, 0.717) is 0 Å². The summed E-state index contributed by atoms with van der Waals surface area (Å²) in [7, 11) is 12.0. The van der Waals surface area contributed by atoms with Gasteiger partial charge in [0.1, 0.15) is 21.4 Å². The minimum atomic E-state index is -1.25. The van der Waals surface area contributed by atoms with Gasteiger partial charge >= 0.3 is 0 Å². The molecule has 3 aromatic carbocycles. The van der Waals surface area contributed by atoms with Crippen molar-refractivity contribution in [3.05, 3.63) is 71.3 Å². The molecule has 0 saturated heterocycles. The van der Waals surface area contributed by atoms with E-state index in [4.69, 9.17) is 20.4 Å². The van der Waals surface area contributed by atoms with Gasteiger partial charge in [0, 0.05) is 16.3 Å². The average Bonchev–Trinajstić information content (AvgIpc) is 2.94. The Morgan fingerprint density at radius 1 is 0.913 bits per heavy atom. The first kappa shape index (κ1) is 13.1. The van der Waals surface area contributed by atoms with E-state index in [1.165, 1.54) is 27.6 Å². The monoisotopic (exact) mass is 290 g/mol. The molecule has 1 nitrogen and oxygen atoms in total. The molecule has 0 bridgehead atoms. The highest BCUT2D eigenvalue weighted by Crippen LogP contribution is 2.49. The van der Waals surface area contributed by atoms with E-state index in [0.717, 1.165) is 23.1 Å². The van der Waals surface area contributed by atoms with Gasteiger partial charge in [-0.2, -0.15) is 0 Å². The van der Waals surface area contributed by atoms with Crippen LogP contribution in [0.2, 0.25) is 0 Å². The van der Waals surface area contributed by atoms with Gasteiger partial charge in [-0.15, -0.1) is 0 Å². The second kappa shape index (κ2) is 4.32.